The average Bonchev–Trinajstić information content (AvgIpc) is 3.34. The van der Waals surface area contributed by atoms with E-state index in [9.17, 15) is 18.3 Å². The van der Waals surface area contributed by atoms with Gasteiger partial charge in [-0.3, -0.25) is 0 Å². The van der Waals surface area contributed by atoms with Gasteiger partial charge in [0.1, 0.15) is 23.0 Å². The molecular formula is C25H21F4N5O2. The van der Waals surface area contributed by atoms with Gasteiger partial charge in [0.15, 0.2) is 0 Å². The molecule has 0 saturated carbocycles. The number of pyridine rings is 1. The number of halogens is 4. The number of nitrogens with zero attached hydrogens (tertiary/aromatic N) is 5. The summed E-state index contributed by atoms with van der Waals surface area (Å²) in [6, 6.07) is 4.50. The van der Waals surface area contributed by atoms with Crippen molar-refractivity contribution in [2.24, 2.45) is 5.92 Å². The Balaban J connectivity index is 1.44. The Hall–Kier alpha value is -3.73. The van der Waals surface area contributed by atoms with Gasteiger partial charge in [-0.25, -0.2) is 23.7 Å². The topological polar surface area (TPSA) is 75.8 Å². The van der Waals surface area contributed by atoms with Crippen molar-refractivity contribution in [2.75, 3.05) is 18.0 Å². The lowest BCUT2D eigenvalue weighted by Gasteiger charge is -2.37. The maximum absolute atomic E-state index is 15.1. The van der Waals surface area contributed by atoms with Crippen molar-refractivity contribution in [3.63, 3.8) is 0 Å². The fourth-order valence-corrected chi connectivity index (χ4v) is 5.11. The van der Waals surface area contributed by atoms with Crippen LogP contribution in [0.15, 0.2) is 42.9 Å². The lowest BCUT2D eigenvalue weighted by Crippen LogP contribution is -2.46. The molecule has 1 aromatic carbocycles. The summed E-state index contributed by atoms with van der Waals surface area (Å²) < 4.78 is 61.5. The molecule has 1 fully saturated rings. The van der Waals surface area contributed by atoms with Crippen LogP contribution in [0.4, 0.5) is 23.5 Å². The molecule has 0 bridgehead atoms. The molecule has 36 heavy (non-hydrogen) atoms. The first-order valence-electron chi connectivity index (χ1n) is 11.5. The van der Waals surface area contributed by atoms with Gasteiger partial charge in [-0.2, -0.15) is 8.78 Å². The molecule has 4 aromatic rings. The first-order valence-corrected chi connectivity index (χ1v) is 11.5. The number of fused-ring (bicyclic) bond motifs is 3. The number of rotatable bonds is 5. The first kappa shape index (κ1) is 22.7. The monoisotopic (exact) mass is 499 g/mol. The lowest BCUT2D eigenvalue weighted by atomic mass is 9.95. The number of aliphatic hydroxyl groups is 1. The maximum Gasteiger partial charge on any atom is 0.387 e. The number of aromatic nitrogens is 4. The molecule has 7 nitrogen and oxygen atoms in total. The average molecular weight is 499 g/mol. The zero-order valence-corrected chi connectivity index (χ0v) is 19.1. The van der Waals surface area contributed by atoms with E-state index in [0.29, 0.717) is 23.1 Å². The second kappa shape index (κ2) is 8.44. The third-order valence-corrected chi connectivity index (χ3v) is 6.74. The van der Waals surface area contributed by atoms with Crippen molar-refractivity contribution < 1.29 is 27.4 Å². The summed E-state index contributed by atoms with van der Waals surface area (Å²) in [7, 11) is 0. The van der Waals surface area contributed by atoms with Gasteiger partial charge in [0.25, 0.3) is 0 Å². The molecule has 6 rings (SSSR count). The van der Waals surface area contributed by atoms with E-state index in [2.05, 4.69) is 26.6 Å². The van der Waals surface area contributed by atoms with Crippen LogP contribution in [0, 0.1) is 17.6 Å². The SMILES string of the molecule is CC1CN(c2ncc(-c3cn4c5c(nc4cc3F)C(O)CC5c3cc(F)ccc3OC(F)F)cn2)C1. The van der Waals surface area contributed by atoms with Gasteiger partial charge >= 0.3 is 6.61 Å². The van der Waals surface area contributed by atoms with E-state index in [0.717, 1.165) is 31.3 Å². The van der Waals surface area contributed by atoms with Crippen molar-refractivity contribution in [3.05, 3.63) is 71.4 Å². The van der Waals surface area contributed by atoms with Crippen LogP contribution in [0.5, 0.6) is 5.75 Å². The van der Waals surface area contributed by atoms with Gasteiger partial charge in [0.05, 0.1) is 17.5 Å². The predicted molar refractivity (Wildman–Crippen MR) is 122 cm³/mol. The van der Waals surface area contributed by atoms with Crippen LogP contribution in [-0.2, 0) is 0 Å². The Morgan fingerprint density at radius 2 is 1.86 bits per heavy atom. The van der Waals surface area contributed by atoms with Gasteiger partial charge in [-0.1, -0.05) is 6.92 Å². The third kappa shape index (κ3) is 3.74. The molecule has 4 heterocycles. The molecule has 1 aliphatic carbocycles. The van der Waals surface area contributed by atoms with Gasteiger partial charge in [-0.05, 0) is 30.5 Å². The molecule has 2 aliphatic rings. The molecule has 1 saturated heterocycles. The molecule has 3 aromatic heterocycles. The smallest absolute Gasteiger partial charge is 0.387 e. The van der Waals surface area contributed by atoms with Crippen LogP contribution in [-0.4, -0.2) is 44.2 Å². The summed E-state index contributed by atoms with van der Waals surface area (Å²) in [5, 5.41) is 10.7. The summed E-state index contributed by atoms with van der Waals surface area (Å²) in [5.41, 5.74) is 1.76. The van der Waals surface area contributed by atoms with E-state index in [-0.39, 0.29) is 34.6 Å². The summed E-state index contributed by atoms with van der Waals surface area (Å²) in [5.74, 6) is -0.951. The highest BCUT2D eigenvalue weighted by molar-refractivity contribution is 5.66. The van der Waals surface area contributed by atoms with Gasteiger partial charge < -0.3 is 19.1 Å². The molecular weight excluding hydrogens is 478 g/mol. The Morgan fingerprint density at radius 1 is 1.11 bits per heavy atom. The fraction of sp³-hybridized carbons (Fsp3) is 0.320. The standard InChI is InChI=1S/C25H21F4N5O2/c1-12-9-33(10-12)25-30-7-13(8-31-25)17-11-34-21(6-18(17)27)32-22-19(35)5-16(23(22)34)15-4-14(26)2-3-20(15)36-24(28)29/h2-4,6-8,11-12,16,19,24,35H,5,9-10H2,1H3. The Bertz CT molecular complexity index is 1450. The third-order valence-electron chi connectivity index (χ3n) is 6.74. The Labute approximate surface area is 203 Å². The first-order chi connectivity index (χ1) is 17.3. The highest BCUT2D eigenvalue weighted by atomic mass is 19.3. The number of benzene rings is 1. The summed E-state index contributed by atoms with van der Waals surface area (Å²) in [6.07, 6.45) is 3.64. The minimum absolute atomic E-state index is 0.0857. The molecule has 2 atom stereocenters. The summed E-state index contributed by atoms with van der Waals surface area (Å²) in [6.45, 7) is 0.754. The molecule has 0 radical (unpaired) electrons. The van der Waals surface area contributed by atoms with Crippen LogP contribution < -0.4 is 9.64 Å². The zero-order chi connectivity index (χ0) is 25.1. The quantitative estimate of drug-likeness (QED) is 0.402. The largest absolute Gasteiger partial charge is 0.435 e. The number of alkyl halides is 2. The van der Waals surface area contributed by atoms with Crippen molar-refractivity contribution in [1.29, 1.82) is 0 Å². The molecule has 0 amide bonds. The predicted octanol–water partition coefficient (Wildman–Crippen LogP) is 4.70. The highest BCUT2D eigenvalue weighted by Gasteiger charge is 2.38. The highest BCUT2D eigenvalue weighted by Crippen LogP contribution is 2.47. The minimum atomic E-state index is -3.11. The summed E-state index contributed by atoms with van der Waals surface area (Å²) >= 11 is 0. The van der Waals surface area contributed by atoms with Crippen molar-refractivity contribution >= 4 is 11.6 Å². The second-order valence-corrected chi connectivity index (χ2v) is 9.29. The molecule has 0 spiro atoms. The van der Waals surface area contributed by atoms with Crippen LogP contribution >= 0.6 is 0 Å². The molecule has 186 valence electrons. The van der Waals surface area contributed by atoms with Crippen molar-refractivity contribution in [1.82, 2.24) is 19.4 Å². The normalized spacial score (nSPS) is 19.7. The second-order valence-electron chi connectivity index (χ2n) is 9.29. The molecule has 11 heteroatoms. The van der Waals surface area contributed by atoms with E-state index in [4.69, 9.17) is 0 Å². The van der Waals surface area contributed by atoms with Crippen molar-refractivity contribution in [2.45, 2.75) is 32.0 Å². The lowest BCUT2D eigenvalue weighted by molar-refractivity contribution is -0.0506. The van der Waals surface area contributed by atoms with E-state index >= 15 is 4.39 Å². The van der Waals surface area contributed by atoms with Crippen LogP contribution in [0.1, 0.15) is 42.3 Å². The minimum Gasteiger partial charge on any atom is -0.435 e. The molecule has 1 N–H and O–H groups in total. The van der Waals surface area contributed by atoms with E-state index in [1.807, 2.05) is 4.90 Å². The van der Waals surface area contributed by atoms with Gasteiger partial charge in [0, 0.05) is 60.4 Å². The number of aliphatic hydroxyl groups excluding tert-OH is 1. The van der Waals surface area contributed by atoms with Crippen LogP contribution in [0.2, 0.25) is 0 Å². The zero-order valence-electron chi connectivity index (χ0n) is 19.1. The number of hydrogen-bond acceptors (Lipinski definition) is 6. The van der Waals surface area contributed by atoms with Crippen LogP contribution in [0.3, 0.4) is 0 Å². The summed E-state index contributed by atoms with van der Waals surface area (Å²) in [4.78, 5) is 15.1. The Kier molecular flexibility index (Phi) is 5.32. The molecule has 1 aliphatic heterocycles. The molecule has 2 unspecified atom stereocenters. The number of imidazole rings is 1. The van der Waals surface area contributed by atoms with Gasteiger partial charge in [0.2, 0.25) is 5.95 Å². The van der Waals surface area contributed by atoms with E-state index in [1.54, 1.807) is 16.8 Å². The maximum atomic E-state index is 15.1. The fourth-order valence-electron chi connectivity index (χ4n) is 5.11. The van der Waals surface area contributed by atoms with Gasteiger partial charge in [-0.15, -0.1) is 0 Å². The number of anilines is 1. The van der Waals surface area contributed by atoms with Crippen molar-refractivity contribution in [3.8, 4) is 16.9 Å². The number of hydrogen-bond donors (Lipinski definition) is 1. The van der Waals surface area contributed by atoms with E-state index < -0.39 is 30.3 Å². The van der Waals surface area contributed by atoms with E-state index in [1.165, 1.54) is 12.3 Å². The Morgan fingerprint density at radius 3 is 2.56 bits per heavy atom. The van der Waals surface area contributed by atoms with Crippen LogP contribution in [0.25, 0.3) is 16.8 Å². The number of ether oxygens (including phenoxy) is 1.